The average molecular weight is 347 g/mol. The highest BCUT2D eigenvalue weighted by Crippen LogP contribution is 2.22. The van der Waals surface area contributed by atoms with E-state index in [0.29, 0.717) is 6.42 Å². The normalized spacial score (nSPS) is 19.3. The zero-order valence-corrected chi connectivity index (χ0v) is 12.9. The molecule has 1 heterocycles. The van der Waals surface area contributed by atoms with E-state index in [9.17, 15) is 26.8 Å². The predicted molar refractivity (Wildman–Crippen MR) is 77.3 cm³/mol. The van der Waals surface area contributed by atoms with Crippen molar-refractivity contribution in [3.8, 4) is 0 Å². The number of carbonyl (C=O) groups is 2. The van der Waals surface area contributed by atoms with E-state index in [0.717, 1.165) is 18.2 Å². The molecule has 9 heteroatoms. The van der Waals surface area contributed by atoms with Gasteiger partial charge < -0.3 is 10.1 Å². The van der Waals surface area contributed by atoms with Gasteiger partial charge in [-0.15, -0.1) is 0 Å². The fourth-order valence-corrected chi connectivity index (χ4v) is 4.12. The summed E-state index contributed by atoms with van der Waals surface area (Å²) in [6.45, 7) is -0.658. The topological polar surface area (TPSA) is 89.5 Å². The second-order valence-corrected chi connectivity index (χ2v) is 7.53. The molecule has 126 valence electrons. The maximum atomic E-state index is 13.3. The number of amides is 1. The first kappa shape index (κ1) is 17.3. The van der Waals surface area contributed by atoms with Crippen LogP contribution in [0.15, 0.2) is 18.2 Å². The summed E-state index contributed by atoms with van der Waals surface area (Å²) in [5.41, 5.74) is -0.354. The molecule has 0 spiro atoms. The lowest BCUT2D eigenvalue weighted by molar-refractivity contribution is -0.148. The van der Waals surface area contributed by atoms with Crippen molar-refractivity contribution in [1.82, 2.24) is 0 Å². The summed E-state index contributed by atoms with van der Waals surface area (Å²) in [7, 11) is -3.09. The lowest BCUT2D eigenvalue weighted by Gasteiger charge is -2.09. The van der Waals surface area contributed by atoms with Gasteiger partial charge in [-0.3, -0.25) is 9.59 Å². The van der Waals surface area contributed by atoms with Crippen LogP contribution in [-0.4, -0.2) is 38.4 Å². The molecular weight excluding hydrogens is 332 g/mol. The molecule has 1 aromatic carbocycles. The zero-order valence-electron chi connectivity index (χ0n) is 12.1. The Labute approximate surface area is 131 Å². The molecule has 0 radical (unpaired) electrons. The number of hydrogen-bond acceptors (Lipinski definition) is 5. The van der Waals surface area contributed by atoms with E-state index in [2.05, 4.69) is 5.32 Å². The van der Waals surface area contributed by atoms with Crippen LogP contribution >= 0.6 is 0 Å². The molecule has 1 N–H and O–H groups in total. The number of hydrogen-bond donors (Lipinski definition) is 1. The number of sulfone groups is 1. The molecule has 0 bridgehead atoms. The molecule has 23 heavy (non-hydrogen) atoms. The Kier molecular flexibility index (Phi) is 5.30. The van der Waals surface area contributed by atoms with Crippen molar-refractivity contribution < 1.29 is 31.5 Å². The first-order valence-corrected chi connectivity index (χ1v) is 8.68. The number of benzene rings is 1. The van der Waals surface area contributed by atoms with Gasteiger partial charge in [0.05, 0.1) is 17.2 Å². The van der Waals surface area contributed by atoms with Gasteiger partial charge in [0.1, 0.15) is 11.6 Å². The highest BCUT2D eigenvalue weighted by atomic mass is 32.2. The monoisotopic (exact) mass is 347 g/mol. The van der Waals surface area contributed by atoms with Crippen LogP contribution in [-0.2, 0) is 24.2 Å². The molecule has 0 saturated carbocycles. The minimum absolute atomic E-state index is 0.0459. The van der Waals surface area contributed by atoms with Gasteiger partial charge in [0, 0.05) is 12.5 Å². The minimum Gasteiger partial charge on any atom is -0.456 e. The first-order chi connectivity index (χ1) is 10.7. The average Bonchev–Trinajstić information content (AvgIpc) is 2.79. The highest BCUT2D eigenvalue weighted by Gasteiger charge is 2.30. The summed E-state index contributed by atoms with van der Waals surface area (Å²) >= 11 is 0. The van der Waals surface area contributed by atoms with Gasteiger partial charge in [0.25, 0.3) is 5.91 Å². The lowest BCUT2D eigenvalue weighted by Crippen LogP contribution is -2.22. The fraction of sp³-hybridized carbons (Fsp3) is 0.429. The third kappa shape index (κ3) is 5.27. The summed E-state index contributed by atoms with van der Waals surface area (Å²) in [5, 5.41) is 2.09. The van der Waals surface area contributed by atoms with Crippen molar-refractivity contribution in [2.24, 2.45) is 5.92 Å². The summed E-state index contributed by atoms with van der Waals surface area (Å²) < 4.78 is 53.5. The van der Waals surface area contributed by atoms with E-state index in [1.165, 1.54) is 0 Å². The van der Waals surface area contributed by atoms with Gasteiger partial charge >= 0.3 is 5.97 Å². The Morgan fingerprint density at radius 1 is 1.30 bits per heavy atom. The highest BCUT2D eigenvalue weighted by molar-refractivity contribution is 7.91. The van der Waals surface area contributed by atoms with Crippen LogP contribution in [0.4, 0.5) is 14.5 Å². The number of ether oxygens (including phenoxy) is 1. The number of halogens is 2. The van der Waals surface area contributed by atoms with Gasteiger partial charge in [-0.1, -0.05) is 0 Å². The number of esters is 1. The lowest BCUT2D eigenvalue weighted by atomic mass is 10.1. The van der Waals surface area contributed by atoms with Crippen LogP contribution in [0.1, 0.15) is 12.8 Å². The largest absolute Gasteiger partial charge is 0.456 e. The maximum Gasteiger partial charge on any atom is 0.306 e. The molecule has 0 aromatic heterocycles. The van der Waals surface area contributed by atoms with Gasteiger partial charge in [0.2, 0.25) is 0 Å². The van der Waals surface area contributed by atoms with Crippen LogP contribution < -0.4 is 5.32 Å². The standard InChI is InChI=1S/C14H15F2NO5S/c15-10-1-2-11(16)12(6-10)17-13(18)7-22-14(19)5-9-3-4-23(20,21)8-9/h1-2,6,9H,3-5,7-8H2,(H,17,18)/t9-/m0/s1. The fourth-order valence-electron chi connectivity index (χ4n) is 2.25. The first-order valence-electron chi connectivity index (χ1n) is 6.86. The molecular formula is C14H15F2NO5S. The Morgan fingerprint density at radius 2 is 2.04 bits per heavy atom. The molecule has 1 amide bonds. The Hall–Kier alpha value is -2.03. The number of nitrogens with one attached hydrogen (secondary N) is 1. The molecule has 1 aliphatic rings. The van der Waals surface area contributed by atoms with Crippen molar-refractivity contribution >= 4 is 27.4 Å². The second kappa shape index (κ2) is 7.03. The molecule has 1 fully saturated rings. The van der Waals surface area contributed by atoms with Crippen molar-refractivity contribution in [2.75, 3.05) is 23.4 Å². The van der Waals surface area contributed by atoms with E-state index in [1.54, 1.807) is 0 Å². The van der Waals surface area contributed by atoms with Gasteiger partial charge in [-0.05, 0) is 24.5 Å². The van der Waals surface area contributed by atoms with Crippen molar-refractivity contribution in [3.63, 3.8) is 0 Å². The van der Waals surface area contributed by atoms with Gasteiger partial charge in [-0.25, -0.2) is 17.2 Å². The molecule has 1 atom stereocenters. The van der Waals surface area contributed by atoms with Crippen molar-refractivity contribution in [2.45, 2.75) is 12.8 Å². The predicted octanol–water partition coefficient (Wildman–Crippen LogP) is 1.27. The smallest absolute Gasteiger partial charge is 0.306 e. The van der Waals surface area contributed by atoms with E-state index >= 15 is 0 Å². The summed E-state index contributed by atoms with van der Waals surface area (Å²) in [6.07, 6.45) is 0.291. The summed E-state index contributed by atoms with van der Waals surface area (Å²) in [5.74, 6) is -3.39. The number of carbonyl (C=O) groups excluding carboxylic acids is 2. The molecule has 2 rings (SSSR count). The molecule has 0 aliphatic carbocycles. The number of rotatable bonds is 5. The molecule has 1 aliphatic heterocycles. The van der Waals surface area contributed by atoms with Gasteiger partial charge in [-0.2, -0.15) is 0 Å². The Balaban J connectivity index is 1.78. The van der Waals surface area contributed by atoms with Crippen LogP contribution in [0.25, 0.3) is 0 Å². The van der Waals surface area contributed by atoms with Crippen LogP contribution in [0.5, 0.6) is 0 Å². The van der Waals surface area contributed by atoms with Crippen LogP contribution in [0, 0.1) is 17.6 Å². The van der Waals surface area contributed by atoms with E-state index in [-0.39, 0.29) is 29.5 Å². The molecule has 1 aromatic rings. The zero-order chi connectivity index (χ0) is 17.0. The quantitative estimate of drug-likeness (QED) is 0.810. The Morgan fingerprint density at radius 3 is 2.70 bits per heavy atom. The molecule has 6 nitrogen and oxygen atoms in total. The molecule has 0 unspecified atom stereocenters. The van der Waals surface area contributed by atoms with Crippen LogP contribution in [0.2, 0.25) is 0 Å². The van der Waals surface area contributed by atoms with Crippen molar-refractivity contribution in [3.05, 3.63) is 29.8 Å². The van der Waals surface area contributed by atoms with E-state index in [1.807, 2.05) is 0 Å². The maximum absolute atomic E-state index is 13.3. The van der Waals surface area contributed by atoms with Crippen molar-refractivity contribution in [1.29, 1.82) is 0 Å². The third-order valence-electron chi connectivity index (χ3n) is 3.35. The third-order valence-corrected chi connectivity index (χ3v) is 5.19. The van der Waals surface area contributed by atoms with E-state index in [4.69, 9.17) is 4.74 Å². The molecule has 1 saturated heterocycles. The summed E-state index contributed by atoms with van der Waals surface area (Å²) in [6, 6.07) is 2.57. The second-order valence-electron chi connectivity index (χ2n) is 5.31. The summed E-state index contributed by atoms with van der Waals surface area (Å²) in [4.78, 5) is 23.1. The van der Waals surface area contributed by atoms with Gasteiger partial charge in [0.15, 0.2) is 16.4 Å². The SMILES string of the molecule is O=C(COC(=O)C[C@@H]1CCS(=O)(=O)C1)Nc1cc(F)ccc1F. The minimum atomic E-state index is -3.09. The Bertz CT molecular complexity index is 720. The van der Waals surface area contributed by atoms with E-state index < -0.39 is 40.0 Å². The number of anilines is 1. The van der Waals surface area contributed by atoms with Crippen LogP contribution in [0.3, 0.4) is 0 Å².